The Morgan fingerprint density at radius 3 is 3.14 bits per heavy atom. The van der Waals surface area contributed by atoms with E-state index in [1.165, 1.54) is 0 Å². The molecule has 1 unspecified atom stereocenters. The number of alkyl halides is 1. The van der Waals surface area contributed by atoms with Gasteiger partial charge in [0, 0.05) is 23.9 Å². The van der Waals surface area contributed by atoms with E-state index < -0.39 is 0 Å². The van der Waals surface area contributed by atoms with Crippen LogP contribution >= 0.6 is 11.6 Å². The quantitative estimate of drug-likeness (QED) is 0.796. The first kappa shape index (κ1) is 14.4. The van der Waals surface area contributed by atoms with Crippen molar-refractivity contribution in [2.24, 2.45) is 0 Å². The average Bonchev–Trinajstić information content (AvgIpc) is 3.12. The highest BCUT2D eigenvalue weighted by molar-refractivity contribution is 6.17. The van der Waals surface area contributed by atoms with Gasteiger partial charge in [-0.05, 0) is 37.8 Å². The average molecular weight is 307 g/mol. The van der Waals surface area contributed by atoms with Gasteiger partial charge >= 0.3 is 0 Å². The minimum atomic E-state index is 0.145. The van der Waals surface area contributed by atoms with Crippen LogP contribution < -0.4 is 0 Å². The van der Waals surface area contributed by atoms with E-state index in [2.05, 4.69) is 5.16 Å². The van der Waals surface area contributed by atoms with Crippen molar-refractivity contribution in [1.29, 1.82) is 0 Å². The molecule has 0 aliphatic carbocycles. The number of aromatic nitrogens is 1. The van der Waals surface area contributed by atoms with E-state index in [1.54, 1.807) is 0 Å². The Morgan fingerprint density at radius 2 is 2.29 bits per heavy atom. The topological polar surface area (TPSA) is 46.3 Å². The highest BCUT2D eigenvalue weighted by atomic mass is 35.5. The van der Waals surface area contributed by atoms with E-state index >= 15 is 0 Å². The van der Waals surface area contributed by atoms with Crippen molar-refractivity contribution < 1.29 is 9.32 Å². The Balaban J connectivity index is 1.71. The lowest BCUT2D eigenvalue weighted by Gasteiger charge is -2.24. The number of fused-ring (bicyclic) bond motifs is 1. The summed E-state index contributed by atoms with van der Waals surface area (Å²) < 4.78 is 5.27. The molecule has 1 aromatic carbocycles. The van der Waals surface area contributed by atoms with E-state index in [9.17, 15) is 4.79 Å². The van der Waals surface area contributed by atoms with Gasteiger partial charge in [0.2, 0.25) is 5.91 Å². The molecule has 0 saturated carbocycles. The number of halogens is 1. The van der Waals surface area contributed by atoms with Gasteiger partial charge in [-0.1, -0.05) is 17.3 Å². The molecule has 2 heterocycles. The van der Waals surface area contributed by atoms with Crippen LogP contribution in [0.4, 0.5) is 0 Å². The summed E-state index contributed by atoms with van der Waals surface area (Å²) in [5.74, 6) is 0.804. The molecule has 1 saturated heterocycles. The fourth-order valence-corrected chi connectivity index (χ4v) is 3.24. The molecule has 0 N–H and O–H groups in total. The van der Waals surface area contributed by atoms with E-state index in [4.69, 9.17) is 16.1 Å². The van der Waals surface area contributed by atoms with Crippen LogP contribution in [0.25, 0.3) is 11.0 Å². The van der Waals surface area contributed by atoms with Crippen LogP contribution in [0.15, 0.2) is 28.8 Å². The summed E-state index contributed by atoms with van der Waals surface area (Å²) in [7, 11) is 0. The lowest BCUT2D eigenvalue weighted by molar-refractivity contribution is -0.131. The smallest absolute Gasteiger partial charge is 0.228 e. The highest BCUT2D eigenvalue weighted by Gasteiger charge is 2.28. The number of likely N-dealkylation sites (tertiary alicyclic amines) is 1. The maximum Gasteiger partial charge on any atom is 0.228 e. The predicted octanol–water partition coefficient (Wildman–Crippen LogP) is 3.38. The fraction of sp³-hybridized carbons (Fsp3) is 0.500. The molecule has 2 aromatic rings. The highest BCUT2D eigenvalue weighted by Crippen LogP contribution is 2.24. The first-order valence-electron chi connectivity index (χ1n) is 7.48. The molecule has 1 aromatic heterocycles. The number of hydrogen-bond donors (Lipinski definition) is 0. The summed E-state index contributed by atoms with van der Waals surface area (Å²) in [6, 6.07) is 8.00. The van der Waals surface area contributed by atoms with E-state index in [0.717, 1.165) is 48.9 Å². The van der Waals surface area contributed by atoms with Crippen LogP contribution in [0.3, 0.4) is 0 Å². The minimum absolute atomic E-state index is 0.145. The van der Waals surface area contributed by atoms with Crippen molar-refractivity contribution in [2.75, 3.05) is 12.4 Å². The molecular formula is C16H19ClN2O2. The molecule has 0 bridgehead atoms. The van der Waals surface area contributed by atoms with Crippen molar-refractivity contribution in [3.8, 4) is 0 Å². The second kappa shape index (κ2) is 6.48. The first-order chi connectivity index (χ1) is 10.3. The van der Waals surface area contributed by atoms with Gasteiger partial charge in [0.1, 0.15) is 5.69 Å². The number of carbonyl (C=O) groups is 1. The number of rotatable bonds is 5. The third-order valence-corrected chi connectivity index (χ3v) is 4.41. The summed E-state index contributed by atoms with van der Waals surface area (Å²) in [6.07, 6.45) is 4.44. The number of amides is 1. The monoisotopic (exact) mass is 306 g/mol. The van der Waals surface area contributed by atoms with Gasteiger partial charge in [0.25, 0.3) is 0 Å². The van der Waals surface area contributed by atoms with Gasteiger partial charge in [-0.25, -0.2) is 0 Å². The molecule has 1 aliphatic rings. The minimum Gasteiger partial charge on any atom is -0.356 e. The Kier molecular flexibility index (Phi) is 4.44. The van der Waals surface area contributed by atoms with Crippen molar-refractivity contribution in [2.45, 2.75) is 38.1 Å². The Labute approximate surface area is 129 Å². The summed E-state index contributed by atoms with van der Waals surface area (Å²) in [5, 5.41) is 4.98. The third kappa shape index (κ3) is 3.05. The SMILES string of the molecule is O=C(Cc1noc2ccccc12)N1CCCC1CCCCl. The zero-order valence-corrected chi connectivity index (χ0v) is 12.7. The molecule has 4 nitrogen and oxygen atoms in total. The van der Waals surface area contributed by atoms with Crippen molar-refractivity contribution in [1.82, 2.24) is 10.1 Å². The Bertz CT molecular complexity index is 626. The van der Waals surface area contributed by atoms with Gasteiger partial charge in [0.15, 0.2) is 5.58 Å². The van der Waals surface area contributed by atoms with Crippen molar-refractivity contribution in [3.63, 3.8) is 0 Å². The largest absolute Gasteiger partial charge is 0.356 e. The molecule has 1 aliphatic heterocycles. The number of nitrogens with zero attached hydrogens (tertiary/aromatic N) is 2. The molecule has 1 atom stereocenters. The summed E-state index contributed by atoms with van der Waals surface area (Å²) in [5.41, 5.74) is 1.47. The molecule has 5 heteroatoms. The van der Waals surface area contributed by atoms with Crippen LogP contribution in [0.2, 0.25) is 0 Å². The van der Waals surface area contributed by atoms with Crippen LogP contribution in [0.1, 0.15) is 31.4 Å². The van der Waals surface area contributed by atoms with Gasteiger partial charge in [-0.15, -0.1) is 11.6 Å². The lowest BCUT2D eigenvalue weighted by atomic mass is 10.1. The molecule has 21 heavy (non-hydrogen) atoms. The first-order valence-corrected chi connectivity index (χ1v) is 8.02. The second-order valence-electron chi connectivity index (χ2n) is 5.52. The van der Waals surface area contributed by atoms with E-state index in [1.807, 2.05) is 29.2 Å². The number of hydrogen-bond acceptors (Lipinski definition) is 3. The predicted molar refractivity (Wildman–Crippen MR) is 82.4 cm³/mol. The maximum atomic E-state index is 12.5. The Hall–Kier alpha value is -1.55. The van der Waals surface area contributed by atoms with Crippen LogP contribution in [-0.2, 0) is 11.2 Å². The molecule has 112 valence electrons. The van der Waals surface area contributed by atoms with Crippen LogP contribution in [0, 0.1) is 0 Å². The van der Waals surface area contributed by atoms with E-state index in [0.29, 0.717) is 18.3 Å². The second-order valence-corrected chi connectivity index (χ2v) is 5.89. The van der Waals surface area contributed by atoms with Gasteiger partial charge in [-0.3, -0.25) is 4.79 Å². The van der Waals surface area contributed by atoms with Gasteiger partial charge < -0.3 is 9.42 Å². The van der Waals surface area contributed by atoms with Crippen molar-refractivity contribution >= 4 is 28.5 Å². The maximum absolute atomic E-state index is 12.5. The molecule has 1 amide bonds. The summed E-state index contributed by atoms with van der Waals surface area (Å²) in [4.78, 5) is 14.5. The fourth-order valence-electron chi connectivity index (χ4n) is 3.09. The van der Waals surface area contributed by atoms with Crippen molar-refractivity contribution in [3.05, 3.63) is 30.0 Å². The molecule has 0 spiro atoms. The third-order valence-electron chi connectivity index (χ3n) is 4.14. The zero-order chi connectivity index (χ0) is 14.7. The number of carbonyl (C=O) groups excluding carboxylic acids is 1. The molecular weight excluding hydrogens is 288 g/mol. The van der Waals surface area contributed by atoms with Gasteiger partial charge in [0.05, 0.1) is 6.42 Å². The molecule has 0 radical (unpaired) electrons. The number of para-hydroxylation sites is 1. The lowest BCUT2D eigenvalue weighted by Crippen LogP contribution is -2.36. The van der Waals surface area contributed by atoms with Crippen LogP contribution in [0.5, 0.6) is 0 Å². The summed E-state index contributed by atoms with van der Waals surface area (Å²) in [6.45, 7) is 0.849. The zero-order valence-electron chi connectivity index (χ0n) is 11.9. The van der Waals surface area contributed by atoms with Gasteiger partial charge in [-0.2, -0.15) is 0 Å². The number of benzene rings is 1. The normalized spacial score (nSPS) is 18.5. The molecule has 3 rings (SSSR count). The molecule has 1 fully saturated rings. The van der Waals surface area contributed by atoms with Crippen LogP contribution in [-0.4, -0.2) is 34.4 Å². The summed E-state index contributed by atoms with van der Waals surface area (Å²) >= 11 is 5.76. The Morgan fingerprint density at radius 1 is 1.43 bits per heavy atom. The van der Waals surface area contributed by atoms with E-state index in [-0.39, 0.29) is 5.91 Å². The standard InChI is InChI=1S/C16H19ClN2O2/c17-9-3-5-12-6-4-10-19(12)16(20)11-14-13-7-1-2-8-15(13)21-18-14/h1-2,7-8,12H,3-6,9-11H2.